The molecule has 1 aromatic carbocycles. The molecule has 1 atom stereocenters. The standard InChI is InChI=1S/C19H27F2N3O3S/c1-14(2)5-7-23-8-6-17(19(23)25)22-9-11-24(12-10-22)28(26,27)18-13-15(20)3-4-16(18)21/h3-4,13-14,17H,5-12H2,1-2H3. The van der Waals surface area contributed by atoms with Gasteiger partial charge in [-0.15, -0.1) is 0 Å². The lowest BCUT2D eigenvalue weighted by Gasteiger charge is -2.36. The highest BCUT2D eigenvalue weighted by atomic mass is 32.2. The van der Waals surface area contributed by atoms with Crippen LogP contribution in [0.4, 0.5) is 8.78 Å². The molecule has 1 unspecified atom stereocenters. The molecule has 2 aliphatic heterocycles. The molecule has 0 radical (unpaired) electrons. The minimum atomic E-state index is -4.11. The van der Waals surface area contributed by atoms with Crippen LogP contribution in [0, 0.1) is 17.6 Å². The predicted octanol–water partition coefficient (Wildman–Crippen LogP) is 1.92. The average molecular weight is 416 g/mol. The van der Waals surface area contributed by atoms with Crippen molar-refractivity contribution in [3.05, 3.63) is 29.8 Å². The third-order valence-electron chi connectivity index (χ3n) is 5.47. The van der Waals surface area contributed by atoms with Crippen molar-refractivity contribution < 1.29 is 22.0 Å². The summed E-state index contributed by atoms with van der Waals surface area (Å²) in [6, 6.07) is 2.21. The Morgan fingerprint density at radius 2 is 1.79 bits per heavy atom. The van der Waals surface area contributed by atoms with Gasteiger partial charge in [0.05, 0.1) is 6.04 Å². The normalized spacial score (nSPS) is 22.4. The Labute approximate surface area is 165 Å². The molecule has 2 fully saturated rings. The lowest BCUT2D eigenvalue weighted by molar-refractivity contribution is -0.132. The number of nitrogens with zero attached hydrogens (tertiary/aromatic N) is 3. The van der Waals surface area contributed by atoms with Crippen molar-refractivity contribution in [2.24, 2.45) is 5.92 Å². The van der Waals surface area contributed by atoms with Gasteiger partial charge in [0.2, 0.25) is 15.9 Å². The van der Waals surface area contributed by atoms with E-state index >= 15 is 0 Å². The number of likely N-dealkylation sites (tertiary alicyclic amines) is 1. The average Bonchev–Trinajstić information content (AvgIpc) is 3.02. The van der Waals surface area contributed by atoms with E-state index < -0.39 is 26.6 Å². The molecule has 0 bridgehead atoms. The molecule has 2 saturated heterocycles. The number of carbonyl (C=O) groups is 1. The second-order valence-corrected chi connectivity index (χ2v) is 9.73. The van der Waals surface area contributed by atoms with Crippen LogP contribution in [0.2, 0.25) is 0 Å². The van der Waals surface area contributed by atoms with E-state index in [0.717, 1.165) is 42.4 Å². The summed E-state index contributed by atoms with van der Waals surface area (Å²) in [4.78, 5) is 15.9. The van der Waals surface area contributed by atoms with Crippen LogP contribution >= 0.6 is 0 Å². The van der Waals surface area contributed by atoms with E-state index in [9.17, 15) is 22.0 Å². The Morgan fingerprint density at radius 3 is 2.43 bits per heavy atom. The topological polar surface area (TPSA) is 60.9 Å². The van der Waals surface area contributed by atoms with Gasteiger partial charge in [-0.2, -0.15) is 4.31 Å². The summed E-state index contributed by atoms with van der Waals surface area (Å²) in [5.74, 6) is -1.12. The molecule has 0 saturated carbocycles. The Kier molecular flexibility index (Phi) is 6.36. The SMILES string of the molecule is CC(C)CCN1CCC(N2CCN(S(=O)(=O)c3cc(F)ccc3F)CC2)C1=O. The van der Waals surface area contributed by atoms with Crippen LogP contribution < -0.4 is 0 Å². The first-order chi connectivity index (χ1) is 13.2. The van der Waals surface area contributed by atoms with Crippen LogP contribution in [0.5, 0.6) is 0 Å². The smallest absolute Gasteiger partial charge is 0.246 e. The fraction of sp³-hybridized carbons (Fsp3) is 0.632. The number of halogens is 2. The number of benzene rings is 1. The van der Waals surface area contributed by atoms with Crippen LogP contribution in [-0.2, 0) is 14.8 Å². The first kappa shape index (κ1) is 21.1. The number of sulfonamides is 1. The number of carbonyl (C=O) groups excluding carboxylic acids is 1. The highest BCUT2D eigenvalue weighted by molar-refractivity contribution is 7.89. The van der Waals surface area contributed by atoms with Crippen molar-refractivity contribution in [3.8, 4) is 0 Å². The van der Waals surface area contributed by atoms with Gasteiger partial charge >= 0.3 is 0 Å². The third kappa shape index (κ3) is 4.36. The second kappa shape index (κ2) is 8.42. The monoisotopic (exact) mass is 415 g/mol. The zero-order valence-corrected chi connectivity index (χ0v) is 17.1. The summed E-state index contributed by atoms with van der Waals surface area (Å²) >= 11 is 0. The number of amides is 1. The van der Waals surface area contributed by atoms with E-state index in [1.54, 1.807) is 0 Å². The second-order valence-electron chi connectivity index (χ2n) is 7.83. The molecule has 28 heavy (non-hydrogen) atoms. The number of rotatable bonds is 6. The van der Waals surface area contributed by atoms with Crippen molar-refractivity contribution in [2.75, 3.05) is 39.3 Å². The molecule has 1 aromatic rings. The van der Waals surface area contributed by atoms with Gasteiger partial charge in [-0.1, -0.05) is 13.8 Å². The van der Waals surface area contributed by atoms with Gasteiger partial charge in [0.25, 0.3) is 0 Å². The van der Waals surface area contributed by atoms with Crippen molar-refractivity contribution in [1.82, 2.24) is 14.1 Å². The van der Waals surface area contributed by atoms with E-state index in [1.807, 2.05) is 9.80 Å². The third-order valence-corrected chi connectivity index (χ3v) is 7.38. The Hall–Kier alpha value is -1.58. The summed E-state index contributed by atoms with van der Waals surface area (Å²) in [6.07, 6.45) is 1.70. The molecule has 6 nitrogen and oxygen atoms in total. The predicted molar refractivity (Wildman–Crippen MR) is 101 cm³/mol. The van der Waals surface area contributed by atoms with E-state index in [-0.39, 0.29) is 25.0 Å². The van der Waals surface area contributed by atoms with E-state index in [1.165, 1.54) is 0 Å². The minimum Gasteiger partial charge on any atom is -0.341 e. The molecule has 2 heterocycles. The largest absolute Gasteiger partial charge is 0.341 e. The van der Waals surface area contributed by atoms with E-state index in [0.29, 0.717) is 25.1 Å². The van der Waals surface area contributed by atoms with Gasteiger partial charge in [-0.25, -0.2) is 17.2 Å². The van der Waals surface area contributed by atoms with Gasteiger partial charge in [-0.3, -0.25) is 9.69 Å². The summed E-state index contributed by atoms with van der Waals surface area (Å²) in [6.45, 7) is 6.80. The maximum Gasteiger partial charge on any atom is 0.246 e. The summed E-state index contributed by atoms with van der Waals surface area (Å²) < 4.78 is 53.9. The van der Waals surface area contributed by atoms with Crippen LogP contribution in [0.15, 0.2) is 23.1 Å². The molecular weight excluding hydrogens is 388 g/mol. The summed E-state index contributed by atoms with van der Waals surface area (Å²) in [7, 11) is -4.11. The minimum absolute atomic E-state index is 0.105. The fourth-order valence-corrected chi connectivity index (χ4v) is 5.27. The number of hydrogen-bond acceptors (Lipinski definition) is 4. The maximum atomic E-state index is 13.9. The number of piperazine rings is 1. The molecular formula is C19H27F2N3O3S. The lowest BCUT2D eigenvalue weighted by atomic mass is 10.1. The van der Waals surface area contributed by atoms with Gasteiger partial charge < -0.3 is 4.90 Å². The Bertz CT molecular complexity index is 824. The van der Waals surface area contributed by atoms with E-state index in [4.69, 9.17) is 0 Å². The van der Waals surface area contributed by atoms with Crippen molar-refractivity contribution >= 4 is 15.9 Å². The zero-order valence-electron chi connectivity index (χ0n) is 16.3. The Morgan fingerprint density at radius 1 is 1.11 bits per heavy atom. The highest BCUT2D eigenvalue weighted by Crippen LogP contribution is 2.24. The van der Waals surface area contributed by atoms with Crippen LogP contribution in [0.3, 0.4) is 0 Å². The van der Waals surface area contributed by atoms with Crippen molar-refractivity contribution in [3.63, 3.8) is 0 Å². The van der Waals surface area contributed by atoms with Crippen molar-refractivity contribution in [1.29, 1.82) is 0 Å². The molecule has 3 rings (SSSR count). The van der Waals surface area contributed by atoms with Gasteiger partial charge in [-0.05, 0) is 37.0 Å². The molecule has 0 aliphatic carbocycles. The number of hydrogen-bond donors (Lipinski definition) is 0. The molecule has 2 aliphatic rings. The molecule has 156 valence electrons. The lowest BCUT2D eigenvalue weighted by Crippen LogP contribution is -2.53. The molecule has 0 N–H and O–H groups in total. The Balaban J connectivity index is 1.62. The maximum absolute atomic E-state index is 13.9. The highest BCUT2D eigenvalue weighted by Gasteiger charge is 2.39. The molecule has 9 heteroatoms. The quantitative estimate of drug-likeness (QED) is 0.712. The van der Waals surface area contributed by atoms with Gasteiger partial charge in [0.1, 0.15) is 16.5 Å². The first-order valence-corrected chi connectivity index (χ1v) is 11.1. The first-order valence-electron chi connectivity index (χ1n) is 9.68. The summed E-state index contributed by atoms with van der Waals surface area (Å²) in [5.41, 5.74) is 0. The van der Waals surface area contributed by atoms with Crippen LogP contribution in [0.25, 0.3) is 0 Å². The van der Waals surface area contributed by atoms with Crippen molar-refractivity contribution in [2.45, 2.75) is 37.6 Å². The van der Waals surface area contributed by atoms with Crippen LogP contribution in [-0.4, -0.2) is 73.7 Å². The molecule has 1 amide bonds. The van der Waals surface area contributed by atoms with E-state index in [2.05, 4.69) is 13.8 Å². The fourth-order valence-electron chi connectivity index (χ4n) is 3.77. The van der Waals surface area contributed by atoms with Gasteiger partial charge in [0, 0.05) is 39.3 Å². The molecule has 0 aromatic heterocycles. The van der Waals surface area contributed by atoms with Gasteiger partial charge in [0.15, 0.2) is 0 Å². The van der Waals surface area contributed by atoms with Crippen LogP contribution in [0.1, 0.15) is 26.7 Å². The summed E-state index contributed by atoms with van der Waals surface area (Å²) in [5, 5.41) is 0. The zero-order chi connectivity index (χ0) is 20.5. The molecule has 0 spiro atoms.